The summed E-state index contributed by atoms with van der Waals surface area (Å²) in [5.74, 6) is -0.535. The zero-order valence-corrected chi connectivity index (χ0v) is 16.9. The van der Waals surface area contributed by atoms with Gasteiger partial charge in [-0.1, -0.05) is 48.9 Å². The molecule has 3 aromatic rings. The number of halogens is 4. The first-order valence-corrected chi connectivity index (χ1v) is 9.74. The van der Waals surface area contributed by atoms with Crippen LogP contribution in [-0.4, -0.2) is 5.91 Å². The summed E-state index contributed by atoms with van der Waals surface area (Å²) in [6.07, 6.45) is -3.63. The van der Waals surface area contributed by atoms with Crippen LogP contribution in [-0.2, 0) is 19.1 Å². The van der Waals surface area contributed by atoms with Crippen molar-refractivity contribution >= 4 is 28.9 Å². The van der Waals surface area contributed by atoms with Crippen molar-refractivity contribution in [1.82, 2.24) is 0 Å². The molecule has 7 heteroatoms. The summed E-state index contributed by atoms with van der Waals surface area (Å²) in [5.41, 5.74) is 2.43. The SMILES string of the molecule is CCc1ccccc1NCc1cccc(C(=O)Nc2cc(C(F)(F)F)ccc2Cl)c1. The van der Waals surface area contributed by atoms with Gasteiger partial charge in [0.05, 0.1) is 16.3 Å². The van der Waals surface area contributed by atoms with Gasteiger partial charge in [-0.3, -0.25) is 4.79 Å². The second kappa shape index (κ2) is 9.22. The molecule has 0 aliphatic heterocycles. The standard InChI is InChI=1S/C23H20ClF3N2O/c1-2-16-7-3-4-9-20(16)28-14-15-6-5-8-17(12-15)22(30)29-21-13-18(23(25,26)27)10-11-19(21)24/h3-13,28H,2,14H2,1H3,(H,29,30). The zero-order valence-electron chi connectivity index (χ0n) is 16.2. The predicted octanol–water partition coefficient (Wildman–Crippen LogP) is 6.79. The number of amides is 1. The Hall–Kier alpha value is -2.99. The summed E-state index contributed by atoms with van der Waals surface area (Å²) in [6, 6.07) is 17.7. The van der Waals surface area contributed by atoms with Gasteiger partial charge in [-0.15, -0.1) is 0 Å². The minimum Gasteiger partial charge on any atom is -0.381 e. The lowest BCUT2D eigenvalue weighted by atomic mass is 10.1. The fraction of sp³-hybridized carbons (Fsp3) is 0.174. The first-order chi connectivity index (χ1) is 14.3. The minimum absolute atomic E-state index is 0.0327. The molecule has 156 valence electrons. The highest BCUT2D eigenvalue weighted by Crippen LogP contribution is 2.34. The van der Waals surface area contributed by atoms with E-state index in [4.69, 9.17) is 11.6 Å². The molecule has 0 heterocycles. The van der Waals surface area contributed by atoms with Gasteiger partial charge in [-0.2, -0.15) is 13.2 Å². The number of benzene rings is 3. The normalized spacial score (nSPS) is 11.2. The smallest absolute Gasteiger partial charge is 0.381 e. The summed E-state index contributed by atoms with van der Waals surface area (Å²) in [5, 5.41) is 5.85. The number of para-hydroxylation sites is 1. The number of hydrogen-bond acceptors (Lipinski definition) is 2. The third-order valence-corrected chi connectivity index (χ3v) is 4.94. The van der Waals surface area contributed by atoms with Crippen molar-refractivity contribution in [3.05, 3.63) is 94.0 Å². The number of alkyl halides is 3. The van der Waals surface area contributed by atoms with E-state index in [-0.39, 0.29) is 10.7 Å². The topological polar surface area (TPSA) is 41.1 Å². The number of nitrogens with one attached hydrogen (secondary N) is 2. The average Bonchev–Trinajstić information content (AvgIpc) is 2.73. The molecule has 0 atom stereocenters. The molecule has 1 amide bonds. The molecule has 0 spiro atoms. The third-order valence-electron chi connectivity index (χ3n) is 4.61. The van der Waals surface area contributed by atoms with Crippen LogP contribution in [0.15, 0.2) is 66.7 Å². The molecule has 0 radical (unpaired) electrons. The lowest BCUT2D eigenvalue weighted by Crippen LogP contribution is -2.14. The van der Waals surface area contributed by atoms with Crippen LogP contribution in [0.3, 0.4) is 0 Å². The fourth-order valence-corrected chi connectivity index (χ4v) is 3.18. The molecule has 0 aliphatic rings. The van der Waals surface area contributed by atoms with Gasteiger partial charge < -0.3 is 10.6 Å². The van der Waals surface area contributed by atoms with Gasteiger partial charge in [0.1, 0.15) is 0 Å². The van der Waals surface area contributed by atoms with E-state index in [9.17, 15) is 18.0 Å². The highest BCUT2D eigenvalue weighted by Gasteiger charge is 2.31. The van der Waals surface area contributed by atoms with Crippen LogP contribution in [0.25, 0.3) is 0 Å². The Balaban J connectivity index is 1.74. The van der Waals surface area contributed by atoms with Gasteiger partial charge in [0.25, 0.3) is 5.91 Å². The molecule has 0 bridgehead atoms. The molecular weight excluding hydrogens is 413 g/mol. The maximum atomic E-state index is 12.9. The van der Waals surface area contributed by atoms with Crippen LogP contribution in [0.5, 0.6) is 0 Å². The maximum absolute atomic E-state index is 12.9. The molecule has 0 aliphatic carbocycles. The van der Waals surface area contributed by atoms with Crippen LogP contribution in [0.2, 0.25) is 5.02 Å². The molecule has 30 heavy (non-hydrogen) atoms. The Morgan fingerprint density at radius 1 is 0.967 bits per heavy atom. The van der Waals surface area contributed by atoms with Crippen molar-refractivity contribution in [2.45, 2.75) is 26.1 Å². The van der Waals surface area contributed by atoms with Crippen molar-refractivity contribution in [3.8, 4) is 0 Å². The lowest BCUT2D eigenvalue weighted by molar-refractivity contribution is -0.137. The Morgan fingerprint density at radius 2 is 1.73 bits per heavy atom. The summed E-state index contributed by atoms with van der Waals surface area (Å²) in [4.78, 5) is 12.6. The minimum atomic E-state index is -4.52. The predicted molar refractivity (Wildman–Crippen MR) is 114 cm³/mol. The molecule has 0 unspecified atom stereocenters. The van der Waals surface area contributed by atoms with E-state index in [0.29, 0.717) is 12.1 Å². The summed E-state index contributed by atoms with van der Waals surface area (Å²) in [6.45, 7) is 2.58. The van der Waals surface area contributed by atoms with Crippen molar-refractivity contribution < 1.29 is 18.0 Å². The first-order valence-electron chi connectivity index (χ1n) is 9.36. The third kappa shape index (κ3) is 5.33. The first kappa shape index (κ1) is 21.7. The highest BCUT2D eigenvalue weighted by atomic mass is 35.5. The number of aryl methyl sites for hydroxylation is 1. The highest BCUT2D eigenvalue weighted by molar-refractivity contribution is 6.34. The molecule has 3 aromatic carbocycles. The molecule has 0 fully saturated rings. The number of rotatable bonds is 6. The van der Waals surface area contributed by atoms with Crippen LogP contribution >= 0.6 is 11.6 Å². The summed E-state index contributed by atoms with van der Waals surface area (Å²) in [7, 11) is 0. The van der Waals surface area contributed by atoms with Crippen molar-refractivity contribution in [2.75, 3.05) is 10.6 Å². The molecular formula is C23H20ClF3N2O. The van der Waals surface area contributed by atoms with Crippen LogP contribution < -0.4 is 10.6 Å². The second-order valence-electron chi connectivity index (χ2n) is 6.71. The van der Waals surface area contributed by atoms with E-state index in [1.54, 1.807) is 18.2 Å². The van der Waals surface area contributed by atoms with Gasteiger partial charge in [-0.25, -0.2) is 0 Å². The molecule has 0 saturated carbocycles. The Morgan fingerprint density at radius 3 is 2.47 bits per heavy atom. The molecule has 3 rings (SSSR count). The second-order valence-corrected chi connectivity index (χ2v) is 7.12. The number of hydrogen-bond donors (Lipinski definition) is 2. The van der Waals surface area contributed by atoms with Crippen molar-refractivity contribution in [3.63, 3.8) is 0 Å². The van der Waals surface area contributed by atoms with Crippen molar-refractivity contribution in [1.29, 1.82) is 0 Å². The fourth-order valence-electron chi connectivity index (χ4n) is 3.01. The van der Waals surface area contributed by atoms with Crippen LogP contribution in [0.1, 0.15) is 34.0 Å². The Kier molecular flexibility index (Phi) is 6.67. The zero-order chi connectivity index (χ0) is 21.7. The molecule has 3 nitrogen and oxygen atoms in total. The Labute approximate surface area is 177 Å². The lowest BCUT2D eigenvalue weighted by Gasteiger charge is -2.13. The quantitative estimate of drug-likeness (QED) is 0.450. The molecule has 0 saturated heterocycles. The molecule has 2 N–H and O–H groups in total. The van der Waals surface area contributed by atoms with E-state index in [1.807, 2.05) is 30.3 Å². The van der Waals surface area contributed by atoms with E-state index in [0.717, 1.165) is 35.9 Å². The largest absolute Gasteiger partial charge is 0.416 e. The number of anilines is 2. The van der Waals surface area contributed by atoms with Gasteiger partial charge >= 0.3 is 6.18 Å². The van der Waals surface area contributed by atoms with Crippen molar-refractivity contribution in [2.24, 2.45) is 0 Å². The van der Waals surface area contributed by atoms with Gasteiger partial charge in [0.2, 0.25) is 0 Å². The van der Waals surface area contributed by atoms with Gasteiger partial charge in [0.15, 0.2) is 0 Å². The van der Waals surface area contributed by atoms with Gasteiger partial charge in [-0.05, 0) is 53.9 Å². The van der Waals surface area contributed by atoms with E-state index < -0.39 is 17.6 Å². The van der Waals surface area contributed by atoms with E-state index in [1.165, 1.54) is 5.56 Å². The van der Waals surface area contributed by atoms with Crippen LogP contribution in [0, 0.1) is 0 Å². The van der Waals surface area contributed by atoms with E-state index >= 15 is 0 Å². The monoisotopic (exact) mass is 432 g/mol. The molecule has 0 aromatic heterocycles. The maximum Gasteiger partial charge on any atom is 0.416 e. The number of carbonyl (C=O) groups is 1. The number of carbonyl (C=O) groups excluding carboxylic acids is 1. The van der Waals surface area contributed by atoms with Crippen LogP contribution in [0.4, 0.5) is 24.5 Å². The average molecular weight is 433 g/mol. The summed E-state index contributed by atoms with van der Waals surface area (Å²) >= 11 is 5.96. The summed E-state index contributed by atoms with van der Waals surface area (Å²) < 4.78 is 38.8. The van der Waals surface area contributed by atoms with Gasteiger partial charge in [0, 0.05) is 17.8 Å². The Bertz CT molecular complexity index is 1050. The van der Waals surface area contributed by atoms with E-state index in [2.05, 4.69) is 17.6 Å².